The van der Waals surface area contributed by atoms with Gasteiger partial charge in [0.25, 0.3) is 0 Å². The van der Waals surface area contributed by atoms with E-state index in [4.69, 9.17) is 0 Å². The zero-order valence-electron chi connectivity index (χ0n) is 7.81. The van der Waals surface area contributed by atoms with Crippen LogP contribution in [0.15, 0.2) is 30.5 Å². The Morgan fingerprint density at radius 3 is 2.93 bits per heavy atom. The number of rotatable bonds is 1. The van der Waals surface area contributed by atoms with Crippen LogP contribution < -0.4 is 0 Å². The number of aromatic nitrogens is 1. The van der Waals surface area contributed by atoms with Gasteiger partial charge in [0, 0.05) is 22.4 Å². The maximum Gasteiger partial charge on any atom is 0.120 e. The quantitative estimate of drug-likeness (QED) is 0.702. The van der Waals surface area contributed by atoms with Crippen LogP contribution in [0.2, 0.25) is 0 Å². The molecular formula is C11H11NOS. The fraction of sp³-hybridized carbons (Fsp3) is 0.182. The lowest BCUT2D eigenvalue weighted by Crippen LogP contribution is -1.87. The topological polar surface area (TPSA) is 33.1 Å². The Kier molecular flexibility index (Phi) is 2.33. The van der Waals surface area contributed by atoms with Gasteiger partial charge in [0.05, 0.1) is 5.52 Å². The summed E-state index contributed by atoms with van der Waals surface area (Å²) in [6.07, 6.45) is 1.74. The van der Waals surface area contributed by atoms with Crippen LogP contribution in [0.5, 0.6) is 5.75 Å². The third kappa shape index (κ3) is 1.55. The molecule has 1 atom stereocenters. The fourth-order valence-electron chi connectivity index (χ4n) is 1.46. The van der Waals surface area contributed by atoms with Crippen molar-refractivity contribution < 1.29 is 5.11 Å². The Morgan fingerprint density at radius 2 is 2.21 bits per heavy atom. The molecule has 0 saturated heterocycles. The van der Waals surface area contributed by atoms with Crippen molar-refractivity contribution in [1.29, 1.82) is 0 Å². The van der Waals surface area contributed by atoms with Crippen LogP contribution >= 0.6 is 12.6 Å². The minimum atomic E-state index is 0.0152. The molecule has 1 heterocycles. The molecule has 1 unspecified atom stereocenters. The summed E-state index contributed by atoms with van der Waals surface area (Å²) < 4.78 is 0. The number of pyridine rings is 1. The molecule has 0 aliphatic rings. The molecule has 1 aromatic heterocycles. The second-order valence-electron chi connectivity index (χ2n) is 3.28. The summed E-state index contributed by atoms with van der Waals surface area (Å²) in [4.78, 5) is 4.22. The van der Waals surface area contributed by atoms with E-state index in [-0.39, 0.29) is 11.0 Å². The Bertz CT molecular complexity index is 468. The highest BCUT2D eigenvalue weighted by Gasteiger charge is 2.07. The van der Waals surface area contributed by atoms with E-state index in [1.807, 2.05) is 25.1 Å². The number of hydrogen-bond donors (Lipinski definition) is 2. The molecule has 0 aliphatic carbocycles. The maximum atomic E-state index is 9.70. The zero-order chi connectivity index (χ0) is 10.1. The molecule has 0 amide bonds. The van der Waals surface area contributed by atoms with E-state index in [0.29, 0.717) is 0 Å². The highest BCUT2D eigenvalue weighted by atomic mass is 32.1. The number of hydrogen-bond acceptors (Lipinski definition) is 3. The summed E-state index contributed by atoms with van der Waals surface area (Å²) in [5.74, 6) is 0.285. The third-order valence-electron chi connectivity index (χ3n) is 2.20. The average Bonchev–Trinajstić information content (AvgIpc) is 2.16. The van der Waals surface area contributed by atoms with Gasteiger partial charge in [-0.2, -0.15) is 12.6 Å². The Labute approximate surface area is 88.0 Å². The van der Waals surface area contributed by atoms with Crippen molar-refractivity contribution in [2.75, 3.05) is 0 Å². The Hall–Kier alpha value is -1.22. The molecule has 0 aliphatic heterocycles. The summed E-state index contributed by atoms with van der Waals surface area (Å²) in [5, 5.41) is 10.7. The van der Waals surface area contributed by atoms with Crippen molar-refractivity contribution in [3.63, 3.8) is 0 Å². The smallest absolute Gasteiger partial charge is 0.120 e. The summed E-state index contributed by atoms with van der Waals surface area (Å²) in [6.45, 7) is 1.92. The molecule has 2 aromatic rings. The first-order valence-corrected chi connectivity index (χ1v) is 4.96. The van der Waals surface area contributed by atoms with Crippen LogP contribution in [0, 0.1) is 0 Å². The van der Waals surface area contributed by atoms with Crippen molar-refractivity contribution in [1.82, 2.24) is 4.98 Å². The first kappa shape index (κ1) is 9.34. The van der Waals surface area contributed by atoms with Gasteiger partial charge in [-0.25, -0.2) is 0 Å². The average molecular weight is 205 g/mol. The van der Waals surface area contributed by atoms with Crippen molar-refractivity contribution >= 4 is 23.5 Å². The number of phenols is 1. The van der Waals surface area contributed by atoms with Gasteiger partial charge < -0.3 is 5.11 Å². The first-order valence-electron chi connectivity index (χ1n) is 4.44. The highest BCUT2D eigenvalue weighted by Crippen LogP contribution is 2.31. The highest BCUT2D eigenvalue weighted by molar-refractivity contribution is 7.80. The number of nitrogens with zero attached hydrogens (tertiary/aromatic N) is 1. The normalized spacial score (nSPS) is 13.0. The van der Waals surface area contributed by atoms with Gasteiger partial charge in [0.15, 0.2) is 0 Å². The van der Waals surface area contributed by atoms with Gasteiger partial charge in [-0.1, -0.05) is 6.07 Å². The van der Waals surface area contributed by atoms with Crippen LogP contribution in [0.4, 0.5) is 0 Å². The molecule has 3 heteroatoms. The molecule has 0 radical (unpaired) electrons. The van der Waals surface area contributed by atoms with Crippen LogP contribution in [0.25, 0.3) is 10.9 Å². The molecule has 0 saturated carbocycles. The standard InChI is InChI=1S/C11H11NOS/c1-7(14)9-6-10-8(5-11(9)13)3-2-4-12-10/h2-7,13-14H,1H3. The summed E-state index contributed by atoms with van der Waals surface area (Å²) in [5.41, 5.74) is 1.71. The minimum absolute atomic E-state index is 0.0152. The molecule has 0 spiro atoms. The fourth-order valence-corrected chi connectivity index (χ4v) is 1.67. The lowest BCUT2D eigenvalue weighted by molar-refractivity contribution is 0.469. The molecule has 1 aromatic carbocycles. The molecule has 0 bridgehead atoms. The lowest BCUT2D eigenvalue weighted by Gasteiger charge is -2.08. The number of fused-ring (bicyclic) bond motifs is 1. The van der Waals surface area contributed by atoms with E-state index in [0.717, 1.165) is 16.5 Å². The van der Waals surface area contributed by atoms with Crippen LogP contribution in [-0.2, 0) is 0 Å². The van der Waals surface area contributed by atoms with E-state index >= 15 is 0 Å². The molecule has 2 nitrogen and oxygen atoms in total. The van der Waals surface area contributed by atoms with Crippen molar-refractivity contribution in [3.8, 4) is 5.75 Å². The SMILES string of the molecule is CC(S)c1cc2ncccc2cc1O. The van der Waals surface area contributed by atoms with Crippen molar-refractivity contribution in [2.24, 2.45) is 0 Å². The zero-order valence-corrected chi connectivity index (χ0v) is 8.70. The predicted molar refractivity (Wildman–Crippen MR) is 60.8 cm³/mol. The van der Waals surface area contributed by atoms with E-state index < -0.39 is 0 Å². The largest absolute Gasteiger partial charge is 0.508 e. The van der Waals surface area contributed by atoms with Crippen LogP contribution in [-0.4, -0.2) is 10.1 Å². The van der Waals surface area contributed by atoms with Gasteiger partial charge >= 0.3 is 0 Å². The molecule has 0 fully saturated rings. The molecule has 1 N–H and O–H groups in total. The Balaban J connectivity index is 2.71. The summed E-state index contributed by atoms with van der Waals surface area (Å²) >= 11 is 4.30. The Morgan fingerprint density at radius 1 is 1.43 bits per heavy atom. The van der Waals surface area contributed by atoms with E-state index in [9.17, 15) is 5.11 Å². The first-order chi connectivity index (χ1) is 6.68. The van der Waals surface area contributed by atoms with E-state index in [1.54, 1.807) is 12.3 Å². The van der Waals surface area contributed by atoms with Crippen molar-refractivity contribution in [3.05, 3.63) is 36.0 Å². The number of benzene rings is 1. The predicted octanol–water partition coefficient (Wildman–Crippen LogP) is 2.93. The van der Waals surface area contributed by atoms with E-state index in [1.165, 1.54) is 0 Å². The molecule has 2 rings (SSSR count). The van der Waals surface area contributed by atoms with Crippen LogP contribution in [0.3, 0.4) is 0 Å². The maximum absolute atomic E-state index is 9.70. The summed E-state index contributed by atoms with van der Waals surface area (Å²) in [7, 11) is 0. The molecule has 14 heavy (non-hydrogen) atoms. The summed E-state index contributed by atoms with van der Waals surface area (Å²) in [6, 6.07) is 7.38. The van der Waals surface area contributed by atoms with Gasteiger partial charge in [-0.15, -0.1) is 0 Å². The molecule has 72 valence electrons. The number of phenolic OH excluding ortho intramolecular Hbond substituents is 1. The monoisotopic (exact) mass is 205 g/mol. The molecular weight excluding hydrogens is 194 g/mol. The van der Waals surface area contributed by atoms with Crippen molar-refractivity contribution in [2.45, 2.75) is 12.2 Å². The second-order valence-corrected chi connectivity index (χ2v) is 4.06. The van der Waals surface area contributed by atoms with Gasteiger partial charge in [0.1, 0.15) is 5.75 Å². The minimum Gasteiger partial charge on any atom is -0.508 e. The van der Waals surface area contributed by atoms with E-state index in [2.05, 4.69) is 17.6 Å². The number of aromatic hydroxyl groups is 1. The second kappa shape index (κ2) is 3.50. The lowest BCUT2D eigenvalue weighted by atomic mass is 10.1. The third-order valence-corrected chi connectivity index (χ3v) is 2.48. The van der Waals surface area contributed by atoms with Gasteiger partial charge in [-0.3, -0.25) is 4.98 Å². The van der Waals surface area contributed by atoms with Crippen LogP contribution in [0.1, 0.15) is 17.7 Å². The number of thiol groups is 1. The van der Waals surface area contributed by atoms with Gasteiger partial charge in [-0.05, 0) is 25.1 Å². The van der Waals surface area contributed by atoms with Gasteiger partial charge in [0.2, 0.25) is 0 Å².